The maximum Gasteiger partial charge on any atom is 0.123 e. The summed E-state index contributed by atoms with van der Waals surface area (Å²) in [6.07, 6.45) is 0.150. The van der Waals surface area contributed by atoms with Crippen LogP contribution in [0, 0.1) is 0 Å². The Bertz CT molecular complexity index is 523. The van der Waals surface area contributed by atoms with Gasteiger partial charge in [0.05, 0.1) is 6.10 Å². The van der Waals surface area contributed by atoms with E-state index in [0.29, 0.717) is 0 Å². The van der Waals surface area contributed by atoms with E-state index in [4.69, 9.17) is 10.5 Å². The normalized spacial score (nSPS) is 10.7. The van der Waals surface area contributed by atoms with Gasteiger partial charge in [0.2, 0.25) is 0 Å². The summed E-state index contributed by atoms with van der Waals surface area (Å²) in [5.74, 6) is 0.821. The molecule has 0 saturated heterocycles. The largest absolute Gasteiger partial charge is 0.491 e. The van der Waals surface area contributed by atoms with E-state index in [1.54, 1.807) is 11.3 Å². The fourth-order valence-electron chi connectivity index (χ4n) is 1.91. The molecule has 1 aromatic heterocycles. The Labute approximate surface area is 118 Å². The van der Waals surface area contributed by atoms with E-state index in [1.807, 2.05) is 32.0 Å². The number of benzene rings is 1. The maximum absolute atomic E-state index is 5.94. The molecule has 4 heteroatoms. The Morgan fingerprint density at radius 2 is 2.11 bits per heavy atom. The number of anilines is 2. The predicted octanol–water partition coefficient (Wildman–Crippen LogP) is 3.75. The average Bonchev–Trinajstić information content (AvgIpc) is 2.80. The van der Waals surface area contributed by atoms with Crippen LogP contribution in [0.1, 0.15) is 19.4 Å². The smallest absolute Gasteiger partial charge is 0.123 e. The van der Waals surface area contributed by atoms with Crippen LogP contribution in [-0.4, -0.2) is 13.2 Å². The molecule has 0 aliphatic carbocycles. The molecule has 0 amide bonds. The first-order valence-electron chi connectivity index (χ1n) is 6.34. The molecule has 1 heterocycles. The maximum atomic E-state index is 5.94. The van der Waals surface area contributed by atoms with Gasteiger partial charge in [-0.2, -0.15) is 11.3 Å². The third-order valence-electron chi connectivity index (χ3n) is 2.73. The van der Waals surface area contributed by atoms with Crippen LogP contribution in [-0.2, 0) is 6.54 Å². The van der Waals surface area contributed by atoms with Gasteiger partial charge >= 0.3 is 0 Å². The quantitative estimate of drug-likeness (QED) is 0.845. The van der Waals surface area contributed by atoms with Crippen molar-refractivity contribution in [2.24, 2.45) is 0 Å². The first-order valence-corrected chi connectivity index (χ1v) is 7.28. The summed E-state index contributed by atoms with van der Waals surface area (Å²) in [5.41, 5.74) is 9.05. The third-order valence-corrected chi connectivity index (χ3v) is 3.46. The summed E-state index contributed by atoms with van der Waals surface area (Å²) in [6.45, 7) is 4.89. The van der Waals surface area contributed by atoms with Crippen LogP contribution in [0.15, 0.2) is 35.0 Å². The zero-order valence-electron chi connectivity index (χ0n) is 11.6. The highest BCUT2D eigenvalue weighted by Crippen LogP contribution is 2.26. The second-order valence-corrected chi connectivity index (χ2v) is 5.69. The van der Waals surface area contributed by atoms with Gasteiger partial charge in [0.1, 0.15) is 5.75 Å². The van der Waals surface area contributed by atoms with E-state index in [1.165, 1.54) is 5.56 Å². The lowest BCUT2D eigenvalue weighted by Gasteiger charge is -2.21. The molecule has 0 saturated carbocycles. The van der Waals surface area contributed by atoms with Crippen LogP contribution in [0.4, 0.5) is 11.4 Å². The number of hydrogen-bond donors (Lipinski definition) is 1. The van der Waals surface area contributed by atoms with Crippen molar-refractivity contribution in [3.05, 3.63) is 40.6 Å². The lowest BCUT2D eigenvalue weighted by Crippen LogP contribution is -2.16. The molecule has 0 aliphatic heterocycles. The van der Waals surface area contributed by atoms with Gasteiger partial charge in [0.25, 0.3) is 0 Å². The Balaban J connectivity index is 2.16. The summed E-state index contributed by atoms with van der Waals surface area (Å²) in [4.78, 5) is 2.17. The summed E-state index contributed by atoms with van der Waals surface area (Å²) < 4.78 is 5.72. The number of ether oxygens (including phenoxy) is 1. The average molecular weight is 276 g/mol. The van der Waals surface area contributed by atoms with Crippen LogP contribution in [0.25, 0.3) is 0 Å². The predicted molar refractivity (Wildman–Crippen MR) is 83.0 cm³/mol. The second-order valence-electron chi connectivity index (χ2n) is 4.91. The first-order chi connectivity index (χ1) is 9.04. The number of nitrogen functional groups attached to an aromatic ring is 1. The molecule has 2 rings (SSSR count). The van der Waals surface area contributed by atoms with Crippen LogP contribution < -0.4 is 15.4 Å². The summed E-state index contributed by atoms with van der Waals surface area (Å²) in [7, 11) is 2.06. The Kier molecular flexibility index (Phi) is 4.32. The molecule has 2 aromatic rings. The van der Waals surface area contributed by atoms with E-state index >= 15 is 0 Å². The molecule has 19 heavy (non-hydrogen) atoms. The molecule has 1 aromatic carbocycles. The van der Waals surface area contributed by atoms with Crippen molar-refractivity contribution >= 4 is 22.7 Å². The topological polar surface area (TPSA) is 38.5 Å². The van der Waals surface area contributed by atoms with Gasteiger partial charge in [-0.25, -0.2) is 0 Å². The van der Waals surface area contributed by atoms with Gasteiger partial charge in [-0.1, -0.05) is 0 Å². The number of thiophene rings is 1. The Morgan fingerprint density at radius 3 is 2.74 bits per heavy atom. The number of nitrogens with zero attached hydrogens (tertiary/aromatic N) is 1. The van der Waals surface area contributed by atoms with Gasteiger partial charge in [-0.3, -0.25) is 0 Å². The van der Waals surface area contributed by atoms with Gasteiger partial charge < -0.3 is 15.4 Å². The minimum absolute atomic E-state index is 0.150. The molecule has 0 fully saturated rings. The minimum Gasteiger partial charge on any atom is -0.491 e. The van der Waals surface area contributed by atoms with Crippen LogP contribution in [0.2, 0.25) is 0 Å². The highest BCUT2D eigenvalue weighted by molar-refractivity contribution is 7.07. The molecule has 0 atom stereocenters. The molecule has 3 nitrogen and oxygen atoms in total. The van der Waals surface area contributed by atoms with Crippen molar-refractivity contribution < 1.29 is 4.74 Å². The zero-order valence-corrected chi connectivity index (χ0v) is 12.4. The van der Waals surface area contributed by atoms with Crippen molar-refractivity contribution in [1.29, 1.82) is 0 Å². The molecular weight excluding hydrogens is 256 g/mol. The number of nitrogens with two attached hydrogens (primary N) is 1. The number of hydrogen-bond acceptors (Lipinski definition) is 4. The van der Waals surface area contributed by atoms with Crippen LogP contribution in [0.3, 0.4) is 0 Å². The summed E-state index contributed by atoms with van der Waals surface area (Å²) in [5, 5.41) is 4.25. The Hall–Kier alpha value is -1.68. The van der Waals surface area contributed by atoms with Crippen LogP contribution in [0.5, 0.6) is 5.75 Å². The van der Waals surface area contributed by atoms with E-state index in [0.717, 1.165) is 23.7 Å². The van der Waals surface area contributed by atoms with E-state index in [2.05, 4.69) is 28.8 Å². The highest BCUT2D eigenvalue weighted by Gasteiger charge is 2.07. The molecule has 0 unspecified atom stereocenters. The molecule has 0 radical (unpaired) electrons. The fourth-order valence-corrected chi connectivity index (χ4v) is 2.57. The lowest BCUT2D eigenvalue weighted by atomic mass is 10.2. The molecule has 0 aliphatic rings. The van der Waals surface area contributed by atoms with Gasteiger partial charge in [0, 0.05) is 37.1 Å². The van der Waals surface area contributed by atoms with E-state index in [9.17, 15) is 0 Å². The summed E-state index contributed by atoms with van der Waals surface area (Å²) in [6, 6.07) is 8.00. The van der Waals surface area contributed by atoms with Crippen molar-refractivity contribution in [1.82, 2.24) is 0 Å². The number of rotatable bonds is 5. The molecule has 0 spiro atoms. The standard InChI is InChI=1S/C15H20N2OS/c1-11(2)18-15-7-13(16)6-14(8-15)17(3)9-12-4-5-19-10-12/h4-8,10-11H,9,16H2,1-3H3. The van der Waals surface area contributed by atoms with Crippen molar-refractivity contribution in [3.8, 4) is 5.75 Å². The molecular formula is C15H20N2OS. The minimum atomic E-state index is 0.150. The highest BCUT2D eigenvalue weighted by atomic mass is 32.1. The lowest BCUT2D eigenvalue weighted by molar-refractivity contribution is 0.242. The molecule has 0 bridgehead atoms. The van der Waals surface area contributed by atoms with Gasteiger partial charge in [0.15, 0.2) is 0 Å². The third kappa shape index (κ3) is 3.89. The molecule has 2 N–H and O–H groups in total. The Morgan fingerprint density at radius 1 is 1.32 bits per heavy atom. The zero-order chi connectivity index (χ0) is 13.8. The van der Waals surface area contributed by atoms with Crippen LogP contribution >= 0.6 is 11.3 Å². The first kappa shape index (κ1) is 13.7. The van der Waals surface area contributed by atoms with Crippen molar-refractivity contribution in [2.45, 2.75) is 26.5 Å². The summed E-state index contributed by atoms with van der Waals surface area (Å²) >= 11 is 1.72. The van der Waals surface area contributed by atoms with E-state index in [-0.39, 0.29) is 6.10 Å². The van der Waals surface area contributed by atoms with E-state index < -0.39 is 0 Å². The monoisotopic (exact) mass is 276 g/mol. The second kappa shape index (κ2) is 5.97. The molecule has 102 valence electrons. The SMILES string of the molecule is CC(C)Oc1cc(N)cc(N(C)Cc2ccsc2)c1. The van der Waals surface area contributed by atoms with Gasteiger partial charge in [-0.15, -0.1) is 0 Å². The van der Waals surface area contributed by atoms with Gasteiger partial charge in [-0.05, 0) is 42.3 Å². The van der Waals surface area contributed by atoms with Crippen molar-refractivity contribution in [2.75, 3.05) is 17.7 Å². The van der Waals surface area contributed by atoms with Crippen molar-refractivity contribution in [3.63, 3.8) is 0 Å². The fraction of sp³-hybridized carbons (Fsp3) is 0.333.